The second kappa shape index (κ2) is 4.38. The summed E-state index contributed by atoms with van der Waals surface area (Å²) in [5.74, 6) is 5.56. The Morgan fingerprint density at radius 2 is 2.38 bits per heavy atom. The standard InChI is InChI=1S/C13H13NO2/c1-10(16)14-7-6-12-9-11(3-2-8-15)4-5-13(12)14/h4-5,9,15H,6-8H2,1H3. The van der Waals surface area contributed by atoms with Gasteiger partial charge in [-0.1, -0.05) is 11.8 Å². The summed E-state index contributed by atoms with van der Waals surface area (Å²) >= 11 is 0. The van der Waals surface area contributed by atoms with Gasteiger partial charge in [-0.05, 0) is 30.2 Å². The minimum absolute atomic E-state index is 0.0768. The van der Waals surface area contributed by atoms with Gasteiger partial charge in [0.2, 0.25) is 5.91 Å². The van der Waals surface area contributed by atoms with E-state index in [2.05, 4.69) is 11.8 Å². The molecular formula is C13H13NO2. The van der Waals surface area contributed by atoms with Crippen LogP contribution in [0.5, 0.6) is 0 Å². The number of carbonyl (C=O) groups is 1. The topological polar surface area (TPSA) is 40.5 Å². The van der Waals surface area contributed by atoms with Gasteiger partial charge in [0.25, 0.3) is 0 Å². The predicted octanol–water partition coefficient (Wildman–Crippen LogP) is 0.939. The zero-order valence-corrected chi connectivity index (χ0v) is 9.16. The Kier molecular flexibility index (Phi) is 2.93. The Hall–Kier alpha value is -1.79. The van der Waals surface area contributed by atoms with Crippen LogP contribution in [0.15, 0.2) is 18.2 Å². The summed E-state index contributed by atoms with van der Waals surface area (Å²) in [4.78, 5) is 13.1. The molecule has 0 aromatic heterocycles. The molecule has 0 unspecified atom stereocenters. The first kappa shape index (κ1) is 10.7. The molecule has 1 amide bonds. The van der Waals surface area contributed by atoms with Crippen LogP contribution in [0.4, 0.5) is 5.69 Å². The van der Waals surface area contributed by atoms with Gasteiger partial charge in [-0.2, -0.15) is 0 Å². The summed E-state index contributed by atoms with van der Waals surface area (Å²) in [6.07, 6.45) is 0.879. The molecule has 3 heteroatoms. The van der Waals surface area contributed by atoms with Gasteiger partial charge in [-0.3, -0.25) is 4.79 Å². The van der Waals surface area contributed by atoms with Crippen molar-refractivity contribution in [3.05, 3.63) is 29.3 Å². The van der Waals surface area contributed by atoms with Gasteiger partial charge < -0.3 is 10.0 Å². The van der Waals surface area contributed by atoms with Crippen LogP contribution < -0.4 is 4.90 Å². The molecule has 0 saturated carbocycles. The van der Waals surface area contributed by atoms with Crippen molar-refractivity contribution >= 4 is 11.6 Å². The molecular weight excluding hydrogens is 202 g/mol. The third-order valence-corrected chi connectivity index (χ3v) is 2.67. The van der Waals surface area contributed by atoms with Gasteiger partial charge in [0.1, 0.15) is 6.61 Å². The lowest BCUT2D eigenvalue weighted by Crippen LogP contribution is -2.25. The van der Waals surface area contributed by atoms with Gasteiger partial charge in [0.15, 0.2) is 0 Å². The smallest absolute Gasteiger partial charge is 0.223 e. The Morgan fingerprint density at radius 3 is 3.06 bits per heavy atom. The van der Waals surface area contributed by atoms with Crippen molar-refractivity contribution in [2.45, 2.75) is 13.3 Å². The highest BCUT2D eigenvalue weighted by Crippen LogP contribution is 2.28. The first-order valence-corrected chi connectivity index (χ1v) is 5.23. The number of amides is 1. The van der Waals surface area contributed by atoms with Crippen molar-refractivity contribution in [2.24, 2.45) is 0 Å². The number of anilines is 1. The molecule has 1 N–H and O–H groups in total. The van der Waals surface area contributed by atoms with Crippen molar-refractivity contribution in [1.82, 2.24) is 0 Å². The van der Waals surface area contributed by atoms with Crippen LogP contribution in [0.1, 0.15) is 18.1 Å². The maximum absolute atomic E-state index is 11.3. The van der Waals surface area contributed by atoms with Crippen LogP contribution in [0.2, 0.25) is 0 Å². The number of fused-ring (bicyclic) bond motifs is 1. The van der Waals surface area contributed by atoms with E-state index in [-0.39, 0.29) is 12.5 Å². The predicted molar refractivity (Wildman–Crippen MR) is 62.1 cm³/mol. The second-order valence-electron chi connectivity index (χ2n) is 3.72. The highest BCUT2D eigenvalue weighted by molar-refractivity contribution is 5.93. The fourth-order valence-electron chi connectivity index (χ4n) is 1.95. The highest BCUT2D eigenvalue weighted by atomic mass is 16.2. The lowest BCUT2D eigenvalue weighted by Gasteiger charge is -2.14. The fraction of sp³-hybridized carbons (Fsp3) is 0.308. The van der Waals surface area contributed by atoms with E-state index in [9.17, 15) is 4.79 Å². The summed E-state index contributed by atoms with van der Waals surface area (Å²) in [7, 11) is 0. The molecule has 3 nitrogen and oxygen atoms in total. The average molecular weight is 215 g/mol. The molecule has 1 aliphatic heterocycles. The number of carbonyl (C=O) groups excluding carboxylic acids is 1. The summed E-state index contributed by atoms with van der Waals surface area (Å²) in [6.45, 7) is 2.20. The van der Waals surface area contributed by atoms with Crippen molar-refractivity contribution in [2.75, 3.05) is 18.1 Å². The zero-order valence-electron chi connectivity index (χ0n) is 9.16. The fourth-order valence-corrected chi connectivity index (χ4v) is 1.95. The first-order valence-electron chi connectivity index (χ1n) is 5.23. The molecule has 0 saturated heterocycles. The van der Waals surface area contributed by atoms with Gasteiger partial charge in [-0.15, -0.1) is 0 Å². The molecule has 1 aromatic rings. The van der Waals surface area contributed by atoms with Crippen molar-refractivity contribution in [3.8, 4) is 11.8 Å². The van der Waals surface area contributed by atoms with Crippen LogP contribution >= 0.6 is 0 Å². The Morgan fingerprint density at radius 1 is 1.56 bits per heavy atom. The minimum Gasteiger partial charge on any atom is -0.384 e. The Balaban J connectivity index is 2.32. The molecule has 1 aromatic carbocycles. The molecule has 82 valence electrons. The van der Waals surface area contributed by atoms with Crippen molar-refractivity contribution < 1.29 is 9.90 Å². The number of aliphatic hydroxyl groups is 1. The van der Waals surface area contributed by atoms with Crippen LogP contribution in [-0.2, 0) is 11.2 Å². The minimum atomic E-state index is -0.128. The molecule has 0 bridgehead atoms. The molecule has 2 rings (SSSR count). The van der Waals surface area contributed by atoms with E-state index in [4.69, 9.17) is 5.11 Å². The largest absolute Gasteiger partial charge is 0.384 e. The number of nitrogens with zero attached hydrogens (tertiary/aromatic N) is 1. The summed E-state index contributed by atoms with van der Waals surface area (Å²) in [5.41, 5.74) is 3.03. The third kappa shape index (κ3) is 1.93. The van der Waals surface area contributed by atoms with E-state index in [1.54, 1.807) is 11.8 Å². The number of benzene rings is 1. The van der Waals surface area contributed by atoms with E-state index < -0.39 is 0 Å². The van der Waals surface area contributed by atoms with Gasteiger partial charge in [0, 0.05) is 24.7 Å². The molecule has 0 radical (unpaired) electrons. The van der Waals surface area contributed by atoms with E-state index in [0.717, 1.165) is 29.8 Å². The van der Waals surface area contributed by atoms with E-state index in [1.165, 1.54) is 0 Å². The third-order valence-electron chi connectivity index (χ3n) is 2.67. The number of aliphatic hydroxyl groups excluding tert-OH is 1. The van der Waals surface area contributed by atoms with E-state index >= 15 is 0 Å². The molecule has 0 fully saturated rings. The SMILES string of the molecule is CC(=O)N1CCc2cc(C#CCO)ccc21. The molecule has 16 heavy (non-hydrogen) atoms. The van der Waals surface area contributed by atoms with Gasteiger partial charge >= 0.3 is 0 Å². The Labute approximate surface area is 94.7 Å². The summed E-state index contributed by atoms with van der Waals surface area (Å²) in [6, 6.07) is 5.79. The zero-order chi connectivity index (χ0) is 11.5. The summed E-state index contributed by atoms with van der Waals surface area (Å²) < 4.78 is 0. The normalized spacial score (nSPS) is 13.0. The van der Waals surface area contributed by atoms with Gasteiger partial charge in [0.05, 0.1) is 0 Å². The number of hydrogen-bond acceptors (Lipinski definition) is 2. The first-order chi connectivity index (χ1) is 7.72. The number of hydrogen-bond donors (Lipinski definition) is 1. The average Bonchev–Trinajstić information content (AvgIpc) is 2.69. The Bertz CT molecular complexity index is 482. The molecule has 0 atom stereocenters. The van der Waals surface area contributed by atoms with Crippen molar-refractivity contribution in [1.29, 1.82) is 0 Å². The van der Waals surface area contributed by atoms with E-state index in [1.807, 2.05) is 18.2 Å². The monoisotopic (exact) mass is 215 g/mol. The van der Waals surface area contributed by atoms with Crippen LogP contribution in [0.25, 0.3) is 0 Å². The molecule has 1 aliphatic rings. The van der Waals surface area contributed by atoms with Crippen molar-refractivity contribution in [3.63, 3.8) is 0 Å². The van der Waals surface area contributed by atoms with Gasteiger partial charge in [-0.25, -0.2) is 0 Å². The second-order valence-corrected chi connectivity index (χ2v) is 3.72. The highest BCUT2D eigenvalue weighted by Gasteiger charge is 2.21. The molecule has 0 spiro atoms. The van der Waals surface area contributed by atoms with Crippen LogP contribution in [0.3, 0.4) is 0 Å². The molecule has 0 aliphatic carbocycles. The van der Waals surface area contributed by atoms with E-state index in [0.29, 0.717) is 0 Å². The maximum Gasteiger partial charge on any atom is 0.223 e. The van der Waals surface area contributed by atoms with Crippen LogP contribution in [-0.4, -0.2) is 24.2 Å². The maximum atomic E-state index is 11.3. The number of rotatable bonds is 0. The lowest BCUT2D eigenvalue weighted by molar-refractivity contribution is -0.116. The lowest BCUT2D eigenvalue weighted by atomic mass is 10.1. The quantitative estimate of drug-likeness (QED) is 0.654. The molecule has 1 heterocycles. The summed E-state index contributed by atoms with van der Waals surface area (Å²) in [5, 5.41) is 8.61. The van der Waals surface area contributed by atoms with Crippen LogP contribution in [0, 0.1) is 11.8 Å².